The van der Waals surface area contributed by atoms with Gasteiger partial charge in [0.05, 0.1) is 0 Å². The Kier molecular flexibility index (Phi) is 3.66. The average Bonchev–Trinajstić information content (AvgIpc) is 2.41. The minimum atomic E-state index is 1.16. The monoisotopic (exact) mass is 154 g/mol. The summed E-state index contributed by atoms with van der Waals surface area (Å²) in [4.78, 5) is 0. The summed E-state index contributed by atoms with van der Waals surface area (Å²) in [6.07, 6.45) is 12.7. The molecule has 0 saturated heterocycles. The molecule has 1 aliphatic carbocycles. The molecule has 0 nitrogen and oxygen atoms in total. The number of allylic oxidation sites excluding steroid dienone is 4. The maximum absolute atomic E-state index is 2.32. The summed E-state index contributed by atoms with van der Waals surface area (Å²) in [5.41, 5.74) is 1.54. The normalized spacial score (nSPS) is 15.9. The van der Waals surface area contributed by atoms with Gasteiger partial charge in [0, 0.05) is 0 Å². The maximum Gasteiger partial charge on any atom is -0.00672 e. The van der Waals surface area contributed by atoms with Crippen molar-refractivity contribution in [1.29, 1.82) is 0 Å². The zero-order valence-electron chi connectivity index (χ0n) is 6.47. The highest BCUT2D eigenvalue weighted by molar-refractivity contribution is 7.98. The van der Waals surface area contributed by atoms with Gasteiger partial charge in [-0.15, -0.1) is 0 Å². The fourth-order valence-electron chi connectivity index (χ4n) is 1.11. The standard InChI is InChI=1S/C9H14S/c1-10-8-4-7-9-5-2-3-6-9/h2,5-6H,3-4,7-8H2,1H3. The smallest absolute Gasteiger partial charge is 0.00672 e. The topological polar surface area (TPSA) is 0 Å². The number of hydrogen-bond donors (Lipinski definition) is 0. The lowest BCUT2D eigenvalue weighted by Gasteiger charge is -1.96. The molecule has 0 spiro atoms. The quantitative estimate of drug-likeness (QED) is 0.561. The van der Waals surface area contributed by atoms with Crippen LogP contribution in [0.2, 0.25) is 0 Å². The van der Waals surface area contributed by atoms with Gasteiger partial charge in [-0.05, 0) is 31.3 Å². The number of thioether (sulfide) groups is 1. The highest BCUT2D eigenvalue weighted by atomic mass is 32.2. The van der Waals surface area contributed by atoms with Crippen LogP contribution >= 0.6 is 11.8 Å². The van der Waals surface area contributed by atoms with Gasteiger partial charge in [0.2, 0.25) is 0 Å². The second-order valence-electron chi connectivity index (χ2n) is 2.51. The van der Waals surface area contributed by atoms with Crippen LogP contribution in [0.1, 0.15) is 19.3 Å². The molecule has 0 aromatic heterocycles. The summed E-state index contributed by atoms with van der Waals surface area (Å²) in [5, 5.41) is 0. The third kappa shape index (κ3) is 2.61. The van der Waals surface area contributed by atoms with E-state index in [1.54, 1.807) is 0 Å². The summed E-state index contributed by atoms with van der Waals surface area (Å²) >= 11 is 1.93. The molecule has 10 heavy (non-hydrogen) atoms. The molecule has 1 heteroatoms. The molecule has 1 aliphatic rings. The van der Waals surface area contributed by atoms with E-state index in [-0.39, 0.29) is 0 Å². The van der Waals surface area contributed by atoms with Crippen LogP contribution in [-0.2, 0) is 0 Å². The molecular formula is C9H14S. The molecule has 0 aromatic carbocycles. The molecular weight excluding hydrogens is 140 g/mol. The fourth-order valence-corrected chi connectivity index (χ4v) is 1.55. The van der Waals surface area contributed by atoms with Gasteiger partial charge in [0.25, 0.3) is 0 Å². The van der Waals surface area contributed by atoms with Gasteiger partial charge in [-0.2, -0.15) is 11.8 Å². The zero-order valence-corrected chi connectivity index (χ0v) is 7.29. The van der Waals surface area contributed by atoms with Crippen molar-refractivity contribution in [2.75, 3.05) is 12.0 Å². The molecule has 56 valence electrons. The van der Waals surface area contributed by atoms with E-state index in [0.29, 0.717) is 0 Å². The second kappa shape index (κ2) is 4.62. The van der Waals surface area contributed by atoms with Gasteiger partial charge < -0.3 is 0 Å². The summed E-state index contributed by atoms with van der Waals surface area (Å²) in [6.45, 7) is 0. The molecule has 0 amide bonds. The van der Waals surface area contributed by atoms with Crippen molar-refractivity contribution in [1.82, 2.24) is 0 Å². The molecule has 0 saturated carbocycles. The Hall–Kier alpha value is -0.170. The lowest BCUT2D eigenvalue weighted by Crippen LogP contribution is -1.80. The first kappa shape index (κ1) is 7.93. The van der Waals surface area contributed by atoms with Crippen molar-refractivity contribution in [2.45, 2.75) is 19.3 Å². The van der Waals surface area contributed by atoms with E-state index in [1.165, 1.54) is 24.2 Å². The summed E-state index contributed by atoms with van der Waals surface area (Å²) in [6, 6.07) is 0. The zero-order chi connectivity index (χ0) is 7.23. The highest BCUT2D eigenvalue weighted by Crippen LogP contribution is 2.15. The predicted molar refractivity (Wildman–Crippen MR) is 49.5 cm³/mol. The predicted octanol–water partition coefficient (Wildman–Crippen LogP) is 3.02. The first-order valence-electron chi connectivity index (χ1n) is 3.78. The van der Waals surface area contributed by atoms with E-state index in [4.69, 9.17) is 0 Å². The Balaban J connectivity index is 2.08. The van der Waals surface area contributed by atoms with Gasteiger partial charge in [0.15, 0.2) is 0 Å². The van der Waals surface area contributed by atoms with E-state index >= 15 is 0 Å². The van der Waals surface area contributed by atoms with Gasteiger partial charge in [-0.3, -0.25) is 0 Å². The first-order valence-corrected chi connectivity index (χ1v) is 5.17. The molecule has 0 bridgehead atoms. The van der Waals surface area contributed by atoms with Gasteiger partial charge >= 0.3 is 0 Å². The van der Waals surface area contributed by atoms with E-state index in [9.17, 15) is 0 Å². The van der Waals surface area contributed by atoms with Crippen LogP contribution in [0.5, 0.6) is 0 Å². The summed E-state index contributed by atoms with van der Waals surface area (Å²) < 4.78 is 0. The molecule has 0 aliphatic heterocycles. The summed E-state index contributed by atoms with van der Waals surface area (Å²) in [5.74, 6) is 1.30. The number of rotatable bonds is 4. The SMILES string of the molecule is CSCCCC1=CCC=C1. The molecule has 0 heterocycles. The van der Waals surface area contributed by atoms with Crippen molar-refractivity contribution < 1.29 is 0 Å². The molecule has 0 atom stereocenters. The van der Waals surface area contributed by atoms with Crippen LogP contribution in [0, 0.1) is 0 Å². The van der Waals surface area contributed by atoms with E-state index in [1.807, 2.05) is 11.8 Å². The molecule has 0 radical (unpaired) electrons. The van der Waals surface area contributed by atoms with E-state index < -0.39 is 0 Å². The summed E-state index contributed by atoms with van der Waals surface area (Å²) in [7, 11) is 0. The minimum absolute atomic E-state index is 1.16. The highest BCUT2D eigenvalue weighted by Gasteiger charge is 1.95. The third-order valence-corrected chi connectivity index (χ3v) is 2.36. The fraction of sp³-hybridized carbons (Fsp3) is 0.556. The van der Waals surface area contributed by atoms with Crippen LogP contribution in [0.15, 0.2) is 23.8 Å². The Bertz CT molecular complexity index is 145. The maximum atomic E-state index is 2.32. The van der Waals surface area contributed by atoms with Crippen molar-refractivity contribution >= 4 is 11.8 Å². The van der Waals surface area contributed by atoms with Crippen LogP contribution in [0.25, 0.3) is 0 Å². The third-order valence-electron chi connectivity index (χ3n) is 1.66. The van der Waals surface area contributed by atoms with Gasteiger partial charge in [-0.1, -0.05) is 23.8 Å². The average molecular weight is 154 g/mol. The molecule has 0 fully saturated rings. The van der Waals surface area contributed by atoms with Crippen molar-refractivity contribution in [2.24, 2.45) is 0 Å². The van der Waals surface area contributed by atoms with Crippen LogP contribution in [-0.4, -0.2) is 12.0 Å². The Morgan fingerprint density at radius 2 is 2.50 bits per heavy atom. The van der Waals surface area contributed by atoms with E-state index in [0.717, 1.165) is 6.42 Å². The van der Waals surface area contributed by atoms with E-state index in [2.05, 4.69) is 24.5 Å². The van der Waals surface area contributed by atoms with Gasteiger partial charge in [0.1, 0.15) is 0 Å². The Morgan fingerprint density at radius 3 is 3.10 bits per heavy atom. The molecule has 1 rings (SSSR count). The van der Waals surface area contributed by atoms with Crippen LogP contribution < -0.4 is 0 Å². The second-order valence-corrected chi connectivity index (χ2v) is 3.50. The van der Waals surface area contributed by atoms with Crippen LogP contribution in [0.3, 0.4) is 0 Å². The molecule has 0 N–H and O–H groups in total. The number of hydrogen-bond acceptors (Lipinski definition) is 1. The largest absolute Gasteiger partial charge is 0.165 e. The molecule has 0 unspecified atom stereocenters. The molecule has 0 aromatic rings. The first-order chi connectivity index (χ1) is 4.93. The van der Waals surface area contributed by atoms with Crippen LogP contribution in [0.4, 0.5) is 0 Å². The minimum Gasteiger partial charge on any atom is -0.165 e. The van der Waals surface area contributed by atoms with Crippen molar-refractivity contribution in [3.05, 3.63) is 23.8 Å². The van der Waals surface area contributed by atoms with Crippen molar-refractivity contribution in [3.63, 3.8) is 0 Å². The Morgan fingerprint density at radius 1 is 1.60 bits per heavy atom. The Labute approximate surface area is 67.4 Å². The van der Waals surface area contributed by atoms with Crippen molar-refractivity contribution in [3.8, 4) is 0 Å². The lowest BCUT2D eigenvalue weighted by atomic mass is 10.2. The van der Waals surface area contributed by atoms with Gasteiger partial charge in [-0.25, -0.2) is 0 Å². The lowest BCUT2D eigenvalue weighted by molar-refractivity contribution is 0.940.